The average Bonchev–Trinajstić information content (AvgIpc) is 3.34. The monoisotopic (exact) mass is 624 g/mol. The van der Waals surface area contributed by atoms with Gasteiger partial charge in [-0.25, -0.2) is 0 Å². The van der Waals surface area contributed by atoms with Crippen molar-refractivity contribution >= 4 is 26.2 Å². The fourth-order valence-corrected chi connectivity index (χ4v) is 9.63. The molecule has 2 aromatic rings. The molecule has 2 fully saturated rings. The number of carbonyl (C=O) groups excluding carboxylic acids is 2. The SMILES string of the molecule is CCO[C@H]1CNC[C@@]1([AsH]C(=O)CNC(=O)c1cccc(C(F)(F)F)c1)C1CCC(O)(c2cccc(OC)c2)CC1. The molecule has 4 rings (SSSR count). The van der Waals surface area contributed by atoms with E-state index in [9.17, 15) is 27.9 Å². The first-order chi connectivity index (χ1) is 19.0. The summed E-state index contributed by atoms with van der Waals surface area (Å²) in [5, 5.41) is 17.4. The van der Waals surface area contributed by atoms with Crippen LogP contribution in [0, 0.1) is 5.92 Å². The first-order valence-electron chi connectivity index (χ1n) is 13.5. The zero-order valence-corrected chi connectivity index (χ0v) is 24.7. The van der Waals surface area contributed by atoms with Crippen LogP contribution < -0.4 is 15.4 Å². The molecule has 0 bridgehead atoms. The van der Waals surface area contributed by atoms with E-state index < -0.39 is 43.2 Å². The summed E-state index contributed by atoms with van der Waals surface area (Å²) in [6, 6.07) is 11.6. The molecule has 218 valence electrons. The van der Waals surface area contributed by atoms with Gasteiger partial charge in [0.2, 0.25) is 0 Å². The third-order valence-corrected chi connectivity index (χ3v) is 11.9. The Morgan fingerprint density at radius 1 is 1.15 bits per heavy atom. The van der Waals surface area contributed by atoms with Gasteiger partial charge in [0.1, 0.15) is 0 Å². The van der Waals surface area contributed by atoms with Crippen molar-refractivity contribution in [3.63, 3.8) is 0 Å². The minimum absolute atomic E-state index is 0.0950. The van der Waals surface area contributed by atoms with Gasteiger partial charge in [0.05, 0.1) is 0 Å². The summed E-state index contributed by atoms with van der Waals surface area (Å²) in [7, 11) is 1.59. The molecule has 1 amide bonds. The number of alkyl halides is 3. The number of carbonyl (C=O) groups is 2. The van der Waals surface area contributed by atoms with Gasteiger partial charge in [-0.15, -0.1) is 0 Å². The summed E-state index contributed by atoms with van der Waals surface area (Å²) < 4.78 is 50.1. The average molecular weight is 625 g/mol. The molecule has 0 radical (unpaired) electrons. The molecule has 11 heteroatoms. The maximum absolute atomic E-state index is 13.3. The molecule has 1 heterocycles. The molecule has 2 aromatic carbocycles. The summed E-state index contributed by atoms with van der Waals surface area (Å²) in [6.45, 7) is 3.42. The van der Waals surface area contributed by atoms with Gasteiger partial charge in [-0.1, -0.05) is 0 Å². The minimum atomic E-state index is -4.56. The number of nitrogens with one attached hydrogen (secondary N) is 2. The van der Waals surface area contributed by atoms with Crippen LogP contribution in [0.2, 0.25) is 4.20 Å². The van der Waals surface area contributed by atoms with Crippen molar-refractivity contribution in [2.45, 2.75) is 54.7 Å². The number of amides is 1. The Kier molecular flexibility index (Phi) is 9.66. The number of benzene rings is 2. The van der Waals surface area contributed by atoms with Crippen LogP contribution in [0.15, 0.2) is 48.5 Å². The number of aliphatic hydroxyl groups is 1. The second-order valence-corrected chi connectivity index (χ2v) is 14.1. The van der Waals surface area contributed by atoms with Crippen LogP contribution in [0.4, 0.5) is 13.2 Å². The third-order valence-electron chi connectivity index (χ3n) is 8.07. The second-order valence-electron chi connectivity index (χ2n) is 10.5. The quantitative estimate of drug-likeness (QED) is 0.350. The molecule has 1 aliphatic heterocycles. The Balaban J connectivity index is 1.45. The van der Waals surface area contributed by atoms with Crippen molar-refractivity contribution in [1.82, 2.24) is 10.6 Å². The van der Waals surface area contributed by atoms with Crippen LogP contribution in [-0.4, -0.2) is 70.8 Å². The van der Waals surface area contributed by atoms with Crippen LogP contribution in [0.25, 0.3) is 0 Å². The molecule has 3 N–H and O–H groups in total. The predicted molar refractivity (Wildman–Crippen MR) is 146 cm³/mol. The van der Waals surface area contributed by atoms with E-state index in [1.54, 1.807) is 7.11 Å². The van der Waals surface area contributed by atoms with E-state index in [-0.39, 0.29) is 28.7 Å². The molecule has 2 aliphatic rings. The molecule has 40 heavy (non-hydrogen) atoms. The normalized spacial score (nSPS) is 27.1. The van der Waals surface area contributed by atoms with Gasteiger partial charge in [-0.2, -0.15) is 0 Å². The van der Waals surface area contributed by atoms with Crippen LogP contribution in [0.3, 0.4) is 0 Å². The molecular weight excluding hydrogens is 588 g/mol. The molecule has 0 aromatic heterocycles. The molecule has 1 unspecified atom stereocenters. The second kappa shape index (κ2) is 12.6. The van der Waals surface area contributed by atoms with Gasteiger partial charge < -0.3 is 0 Å². The number of rotatable bonds is 10. The Morgan fingerprint density at radius 3 is 2.55 bits per heavy atom. The summed E-state index contributed by atoms with van der Waals surface area (Å²) in [5.41, 5.74) is -1.23. The van der Waals surface area contributed by atoms with E-state index in [4.69, 9.17) is 9.47 Å². The van der Waals surface area contributed by atoms with Crippen molar-refractivity contribution < 1.29 is 37.3 Å². The molecular formula is C29H36AsF3N2O5. The van der Waals surface area contributed by atoms with Crippen molar-refractivity contribution in [3.05, 3.63) is 65.2 Å². The van der Waals surface area contributed by atoms with Crippen LogP contribution in [-0.2, 0) is 21.3 Å². The summed E-state index contributed by atoms with van der Waals surface area (Å²) in [5.74, 6) is 0.116. The van der Waals surface area contributed by atoms with Crippen molar-refractivity contribution in [1.29, 1.82) is 0 Å². The van der Waals surface area contributed by atoms with Gasteiger partial charge >= 0.3 is 239 Å². The van der Waals surface area contributed by atoms with Crippen molar-refractivity contribution in [2.75, 3.05) is 33.4 Å². The van der Waals surface area contributed by atoms with Gasteiger partial charge in [-0.05, 0) is 0 Å². The Bertz CT molecular complexity index is 1200. The van der Waals surface area contributed by atoms with Crippen LogP contribution >= 0.6 is 0 Å². The fourth-order valence-electron chi connectivity index (χ4n) is 5.96. The first kappa shape index (κ1) is 30.6. The van der Waals surface area contributed by atoms with E-state index in [0.29, 0.717) is 51.1 Å². The molecule has 1 aliphatic carbocycles. The molecule has 7 nitrogen and oxygen atoms in total. The van der Waals surface area contributed by atoms with E-state index in [1.165, 1.54) is 12.1 Å². The maximum atomic E-state index is 13.3. The summed E-state index contributed by atoms with van der Waals surface area (Å²) in [4.78, 5) is 25.9. The topological polar surface area (TPSA) is 96.9 Å². The van der Waals surface area contributed by atoms with E-state index >= 15 is 0 Å². The summed E-state index contributed by atoms with van der Waals surface area (Å²) in [6.07, 6.45) is -2.21. The number of hydrogen-bond acceptors (Lipinski definition) is 6. The standard InChI is InChI=1S/C29H36AsF3N2O5/c1-3-40-24-16-34-18-28(24,20-10-12-27(38,13-11-20)21-7-5-9-23(15-21)39-2)30-25(36)17-35-26(37)19-6-4-8-22(14-19)29(31,32)33/h4-9,14-15,20,24,30,34,38H,3,10-13,16-18H2,1-2H3,(H,35,37)/t20?,24-,27?,28+/m0/s1. The van der Waals surface area contributed by atoms with Gasteiger partial charge in [0.15, 0.2) is 0 Å². The number of methoxy groups -OCH3 is 1. The summed E-state index contributed by atoms with van der Waals surface area (Å²) >= 11 is -1.33. The van der Waals surface area contributed by atoms with Crippen molar-refractivity contribution in [3.8, 4) is 5.75 Å². The van der Waals surface area contributed by atoms with E-state index in [2.05, 4.69) is 10.6 Å². The van der Waals surface area contributed by atoms with E-state index in [1.807, 2.05) is 31.2 Å². The Morgan fingerprint density at radius 2 is 1.88 bits per heavy atom. The number of halogens is 3. The molecule has 3 atom stereocenters. The van der Waals surface area contributed by atoms with E-state index in [0.717, 1.165) is 17.7 Å². The first-order valence-corrected chi connectivity index (χ1v) is 15.6. The predicted octanol–water partition coefficient (Wildman–Crippen LogP) is 3.65. The van der Waals surface area contributed by atoms with Gasteiger partial charge in [-0.3, -0.25) is 0 Å². The zero-order chi connectivity index (χ0) is 29.0. The third kappa shape index (κ3) is 6.73. The number of ether oxygens (including phenoxy) is 2. The molecule has 1 saturated carbocycles. The number of hydrogen-bond donors (Lipinski definition) is 3. The van der Waals surface area contributed by atoms with Crippen molar-refractivity contribution in [2.24, 2.45) is 5.92 Å². The molecule has 0 spiro atoms. The fraction of sp³-hybridized carbons (Fsp3) is 0.517. The van der Waals surface area contributed by atoms with Crippen LogP contribution in [0.5, 0.6) is 5.75 Å². The van der Waals surface area contributed by atoms with Gasteiger partial charge in [0, 0.05) is 0 Å². The Hall–Kier alpha value is -2.39. The zero-order valence-electron chi connectivity index (χ0n) is 22.6. The Labute approximate surface area is 238 Å². The molecule has 1 saturated heterocycles. The van der Waals surface area contributed by atoms with Crippen LogP contribution in [0.1, 0.15) is 54.1 Å². The van der Waals surface area contributed by atoms with Gasteiger partial charge in [0.25, 0.3) is 0 Å².